The second-order valence-corrected chi connectivity index (χ2v) is 8.06. The van der Waals surface area contributed by atoms with Crippen LogP contribution in [0.3, 0.4) is 0 Å². The highest BCUT2D eigenvalue weighted by Gasteiger charge is 2.53. The van der Waals surface area contributed by atoms with Gasteiger partial charge >= 0.3 is 5.97 Å². The Morgan fingerprint density at radius 2 is 1.79 bits per heavy atom. The number of aliphatic carboxylic acids is 1. The molecule has 29 heavy (non-hydrogen) atoms. The van der Waals surface area contributed by atoms with Gasteiger partial charge in [0, 0.05) is 25.7 Å². The van der Waals surface area contributed by atoms with Crippen LogP contribution in [0.25, 0.3) is 0 Å². The Kier molecular flexibility index (Phi) is 5.87. The van der Waals surface area contributed by atoms with Crippen molar-refractivity contribution in [2.75, 3.05) is 26.7 Å². The number of rotatable bonds is 7. The molecule has 2 bridgehead atoms. The predicted octanol–water partition coefficient (Wildman–Crippen LogP) is 1.47. The summed E-state index contributed by atoms with van der Waals surface area (Å²) in [5, 5.41) is 12.6. The molecule has 0 aliphatic carbocycles. The molecule has 1 amide bonds. The van der Waals surface area contributed by atoms with Gasteiger partial charge in [0.2, 0.25) is 5.91 Å². The number of benzene rings is 1. The summed E-state index contributed by atoms with van der Waals surface area (Å²) in [5.74, 6) is -1.70. The molecule has 2 unspecified atom stereocenters. The first-order valence-corrected chi connectivity index (χ1v) is 10.3. The van der Waals surface area contributed by atoms with Gasteiger partial charge in [0.1, 0.15) is 11.7 Å². The first kappa shape index (κ1) is 19.9. The van der Waals surface area contributed by atoms with E-state index in [0.717, 1.165) is 44.6 Å². The van der Waals surface area contributed by atoms with Gasteiger partial charge < -0.3 is 24.8 Å². The standard InChI is InChI=1S/C22H28N2O5/c1-28-16-4-2-14(3-5-16)8-11-24-12-9-15(10-13-24)23-21(25)19-17-6-7-18(29-17)20(19)22(26)27/h2-7,15,17-20H,8-13H2,1H3,(H,23,25)(H,26,27)/t17-,18+,19?,20?/m1/s1. The number of nitrogens with one attached hydrogen (secondary N) is 1. The molecule has 2 fully saturated rings. The van der Waals surface area contributed by atoms with Gasteiger partial charge in [-0.1, -0.05) is 24.3 Å². The van der Waals surface area contributed by atoms with Gasteiger partial charge in [-0.2, -0.15) is 0 Å². The number of piperidine rings is 1. The van der Waals surface area contributed by atoms with E-state index < -0.39 is 30.0 Å². The van der Waals surface area contributed by atoms with Crippen LogP contribution in [0.4, 0.5) is 0 Å². The van der Waals surface area contributed by atoms with E-state index in [9.17, 15) is 14.7 Å². The van der Waals surface area contributed by atoms with Crippen molar-refractivity contribution in [1.29, 1.82) is 0 Å². The van der Waals surface area contributed by atoms with E-state index in [2.05, 4.69) is 22.3 Å². The number of carboxylic acid groups (broad SMARTS) is 1. The molecule has 0 saturated carbocycles. The summed E-state index contributed by atoms with van der Waals surface area (Å²) in [6.45, 7) is 2.84. The van der Waals surface area contributed by atoms with E-state index in [4.69, 9.17) is 9.47 Å². The molecule has 2 saturated heterocycles. The zero-order chi connectivity index (χ0) is 20.4. The summed E-state index contributed by atoms with van der Waals surface area (Å²) in [6, 6.07) is 8.25. The minimum atomic E-state index is -0.963. The van der Waals surface area contributed by atoms with Crippen LogP contribution in [0.5, 0.6) is 5.75 Å². The lowest BCUT2D eigenvalue weighted by molar-refractivity contribution is -0.146. The van der Waals surface area contributed by atoms with Gasteiger partial charge in [0.05, 0.1) is 25.2 Å². The van der Waals surface area contributed by atoms with Gasteiger partial charge in [-0.15, -0.1) is 0 Å². The van der Waals surface area contributed by atoms with Crippen molar-refractivity contribution in [2.24, 2.45) is 11.8 Å². The van der Waals surface area contributed by atoms with Crippen molar-refractivity contribution in [3.05, 3.63) is 42.0 Å². The summed E-state index contributed by atoms with van der Waals surface area (Å²) in [5.41, 5.74) is 1.28. The van der Waals surface area contributed by atoms with Crippen LogP contribution in [0.15, 0.2) is 36.4 Å². The molecule has 1 aromatic carbocycles. The van der Waals surface area contributed by atoms with E-state index in [1.807, 2.05) is 18.2 Å². The summed E-state index contributed by atoms with van der Waals surface area (Å²) in [7, 11) is 1.67. The molecular weight excluding hydrogens is 372 g/mol. The number of methoxy groups -OCH3 is 1. The second kappa shape index (κ2) is 8.55. The Bertz CT molecular complexity index is 770. The van der Waals surface area contributed by atoms with Gasteiger partial charge in [0.25, 0.3) is 0 Å². The topological polar surface area (TPSA) is 88.1 Å². The third kappa shape index (κ3) is 4.31. The number of likely N-dealkylation sites (tertiary alicyclic amines) is 1. The van der Waals surface area contributed by atoms with Crippen molar-refractivity contribution >= 4 is 11.9 Å². The summed E-state index contributed by atoms with van der Waals surface area (Å²) in [4.78, 5) is 26.7. The maximum atomic E-state index is 12.8. The molecule has 2 N–H and O–H groups in total. The van der Waals surface area contributed by atoms with Crippen LogP contribution in [0.2, 0.25) is 0 Å². The number of ether oxygens (including phenoxy) is 2. The minimum Gasteiger partial charge on any atom is -0.497 e. The van der Waals surface area contributed by atoms with Crippen LogP contribution >= 0.6 is 0 Å². The van der Waals surface area contributed by atoms with Crippen molar-refractivity contribution in [3.63, 3.8) is 0 Å². The van der Waals surface area contributed by atoms with E-state index in [1.54, 1.807) is 13.2 Å². The van der Waals surface area contributed by atoms with E-state index in [1.165, 1.54) is 5.56 Å². The molecule has 4 rings (SSSR count). The number of amides is 1. The molecule has 0 aromatic heterocycles. The third-order valence-electron chi connectivity index (χ3n) is 6.30. The number of nitrogens with zero attached hydrogens (tertiary/aromatic N) is 1. The molecule has 156 valence electrons. The lowest BCUT2D eigenvalue weighted by atomic mass is 9.82. The zero-order valence-electron chi connectivity index (χ0n) is 16.6. The number of carboxylic acids is 1. The maximum absolute atomic E-state index is 12.8. The Labute approximate surface area is 170 Å². The molecule has 3 aliphatic rings. The van der Waals surface area contributed by atoms with Crippen LogP contribution in [-0.4, -0.2) is 66.9 Å². The summed E-state index contributed by atoms with van der Waals surface area (Å²) in [6.07, 6.45) is 5.42. The average molecular weight is 400 g/mol. The largest absolute Gasteiger partial charge is 0.497 e. The van der Waals surface area contributed by atoms with E-state index in [0.29, 0.717) is 0 Å². The van der Waals surface area contributed by atoms with Crippen LogP contribution in [-0.2, 0) is 20.7 Å². The molecule has 7 nitrogen and oxygen atoms in total. The smallest absolute Gasteiger partial charge is 0.310 e. The fraction of sp³-hybridized carbons (Fsp3) is 0.545. The Morgan fingerprint density at radius 3 is 2.41 bits per heavy atom. The Hall–Kier alpha value is -2.38. The minimum absolute atomic E-state index is 0.0947. The first-order chi connectivity index (χ1) is 14.0. The number of hydrogen-bond acceptors (Lipinski definition) is 5. The van der Waals surface area contributed by atoms with Crippen LogP contribution in [0.1, 0.15) is 18.4 Å². The SMILES string of the molecule is COc1ccc(CCN2CCC(NC(=O)C3C(C(=O)O)[C@@H]4C=C[C@H]3O4)CC2)cc1. The number of carbonyl (C=O) groups is 2. The zero-order valence-corrected chi connectivity index (χ0v) is 16.6. The maximum Gasteiger partial charge on any atom is 0.310 e. The molecule has 3 heterocycles. The number of carbonyl (C=O) groups excluding carboxylic acids is 1. The Balaban J connectivity index is 1.23. The van der Waals surface area contributed by atoms with Crippen molar-refractivity contribution in [1.82, 2.24) is 10.2 Å². The van der Waals surface area contributed by atoms with E-state index >= 15 is 0 Å². The van der Waals surface area contributed by atoms with Crippen molar-refractivity contribution in [2.45, 2.75) is 37.5 Å². The highest BCUT2D eigenvalue weighted by Crippen LogP contribution is 2.39. The number of fused-ring (bicyclic) bond motifs is 2. The van der Waals surface area contributed by atoms with Crippen LogP contribution < -0.4 is 10.1 Å². The molecular formula is C22H28N2O5. The molecule has 3 aliphatic heterocycles. The fourth-order valence-corrected chi connectivity index (χ4v) is 4.59. The average Bonchev–Trinajstić information content (AvgIpc) is 3.35. The van der Waals surface area contributed by atoms with Crippen molar-refractivity contribution < 1.29 is 24.2 Å². The lowest BCUT2D eigenvalue weighted by Gasteiger charge is -2.33. The molecule has 0 spiro atoms. The van der Waals surface area contributed by atoms with E-state index in [-0.39, 0.29) is 11.9 Å². The van der Waals surface area contributed by atoms with Crippen LogP contribution in [0, 0.1) is 11.8 Å². The van der Waals surface area contributed by atoms with Crippen molar-refractivity contribution in [3.8, 4) is 5.75 Å². The molecule has 7 heteroatoms. The van der Waals surface area contributed by atoms with Gasteiger partial charge in [-0.25, -0.2) is 0 Å². The molecule has 1 aromatic rings. The monoisotopic (exact) mass is 400 g/mol. The number of hydrogen-bond donors (Lipinski definition) is 2. The summed E-state index contributed by atoms with van der Waals surface area (Å²) >= 11 is 0. The van der Waals surface area contributed by atoms with Gasteiger partial charge in [-0.05, 0) is 37.0 Å². The summed E-state index contributed by atoms with van der Waals surface area (Å²) < 4.78 is 10.8. The quantitative estimate of drug-likeness (QED) is 0.674. The molecule has 0 radical (unpaired) electrons. The normalized spacial score (nSPS) is 29.1. The highest BCUT2D eigenvalue weighted by molar-refractivity contribution is 5.87. The lowest BCUT2D eigenvalue weighted by Crippen LogP contribution is -2.49. The second-order valence-electron chi connectivity index (χ2n) is 8.06. The first-order valence-electron chi connectivity index (χ1n) is 10.3. The van der Waals surface area contributed by atoms with Gasteiger partial charge in [0.15, 0.2) is 0 Å². The fourth-order valence-electron chi connectivity index (χ4n) is 4.59. The third-order valence-corrected chi connectivity index (χ3v) is 6.30. The predicted molar refractivity (Wildman–Crippen MR) is 107 cm³/mol. The highest BCUT2D eigenvalue weighted by atomic mass is 16.5. The molecule has 4 atom stereocenters. The Morgan fingerprint density at radius 1 is 1.14 bits per heavy atom. The van der Waals surface area contributed by atoms with Gasteiger partial charge in [-0.3, -0.25) is 9.59 Å².